The molecule has 3 fully saturated rings. The van der Waals surface area contributed by atoms with Gasteiger partial charge in [0.15, 0.2) is 0 Å². The third-order valence-corrected chi connectivity index (χ3v) is 7.47. The predicted octanol–water partition coefficient (Wildman–Crippen LogP) is 4.08. The molecule has 1 aliphatic heterocycles. The van der Waals surface area contributed by atoms with Gasteiger partial charge >= 0.3 is 0 Å². The Morgan fingerprint density at radius 2 is 2.00 bits per heavy atom. The molecule has 3 unspecified atom stereocenters. The van der Waals surface area contributed by atoms with Gasteiger partial charge in [-0.05, 0) is 87.7 Å². The van der Waals surface area contributed by atoms with Crippen molar-refractivity contribution in [3.8, 4) is 0 Å². The minimum atomic E-state index is 0.0906. The number of aromatic nitrogens is 2. The quantitative estimate of drug-likeness (QED) is 0.816. The van der Waals surface area contributed by atoms with E-state index in [0.29, 0.717) is 17.9 Å². The molecule has 2 aliphatic carbocycles. The van der Waals surface area contributed by atoms with Crippen molar-refractivity contribution in [1.29, 1.82) is 0 Å². The summed E-state index contributed by atoms with van der Waals surface area (Å²) in [6, 6.07) is 8.49. The molecule has 2 aromatic rings. The van der Waals surface area contributed by atoms with Crippen LogP contribution in [0.5, 0.6) is 0 Å². The standard InChI is InChI=1S/C25H32N4O/c1-17-4-7-22(25(30)28-23-14-18-5-6-21(23)13-18)24(27-17)20-8-11-29(12-9-20)16-19-3-2-10-26-15-19/h2-4,7,10,15,18,20-21,23H,5-6,8-9,11-14,16H2,1H3,(H,28,30). The Labute approximate surface area is 179 Å². The maximum atomic E-state index is 13.2. The SMILES string of the molecule is Cc1ccc(C(=O)NC2CC3CCC2C3)c(C2CCN(Cc3cccnc3)CC2)n1. The number of fused-ring (bicyclic) bond motifs is 2. The average molecular weight is 405 g/mol. The lowest BCUT2D eigenvalue weighted by molar-refractivity contribution is 0.0920. The van der Waals surface area contributed by atoms with Crippen molar-refractivity contribution in [3.63, 3.8) is 0 Å². The van der Waals surface area contributed by atoms with Crippen molar-refractivity contribution >= 4 is 5.91 Å². The monoisotopic (exact) mass is 404 g/mol. The van der Waals surface area contributed by atoms with Gasteiger partial charge in [-0.25, -0.2) is 0 Å². The Balaban J connectivity index is 1.25. The van der Waals surface area contributed by atoms with Crippen molar-refractivity contribution in [2.75, 3.05) is 13.1 Å². The van der Waals surface area contributed by atoms with Crippen LogP contribution < -0.4 is 5.32 Å². The van der Waals surface area contributed by atoms with Crippen LogP contribution in [0.4, 0.5) is 0 Å². The number of nitrogens with zero attached hydrogens (tertiary/aromatic N) is 3. The van der Waals surface area contributed by atoms with E-state index in [4.69, 9.17) is 4.98 Å². The topological polar surface area (TPSA) is 58.1 Å². The van der Waals surface area contributed by atoms with E-state index in [9.17, 15) is 4.79 Å². The lowest BCUT2D eigenvalue weighted by Gasteiger charge is -2.32. The first-order valence-electron chi connectivity index (χ1n) is 11.6. The average Bonchev–Trinajstić information content (AvgIpc) is 3.38. The molecule has 0 spiro atoms. The number of pyridine rings is 2. The van der Waals surface area contributed by atoms with Gasteiger partial charge in [-0.1, -0.05) is 12.5 Å². The number of nitrogens with one attached hydrogen (secondary N) is 1. The molecule has 1 N–H and O–H groups in total. The molecule has 3 atom stereocenters. The molecular formula is C25H32N4O. The van der Waals surface area contributed by atoms with E-state index in [1.165, 1.54) is 24.8 Å². The summed E-state index contributed by atoms with van der Waals surface area (Å²) in [5.74, 6) is 1.97. The highest BCUT2D eigenvalue weighted by Gasteiger charge is 2.40. The second-order valence-corrected chi connectivity index (χ2v) is 9.55. The number of amides is 1. The molecule has 3 aliphatic rings. The van der Waals surface area contributed by atoms with Crippen LogP contribution in [-0.4, -0.2) is 39.9 Å². The smallest absolute Gasteiger partial charge is 0.253 e. The predicted molar refractivity (Wildman–Crippen MR) is 117 cm³/mol. The number of aryl methyl sites for hydroxylation is 1. The van der Waals surface area contributed by atoms with Crippen molar-refractivity contribution in [1.82, 2.24) is 20.2 Å². The Morgan fingerprint density at radius 1 is 1.13 bits per heavy atom. The zero-order valence-corrected chi connectivity index (χ0v) is 17.9. The molecule has 30 heavy (non-hydrogen) atoms. The summed E-state index contributed by atoms with van der Waals surface area (Å²) in [4.78, 5) is 24.8. The highest BCUT2D eigenvalue weighted by Crippen LogP contribution is 2.44. The van der Waals surface area contributed by atoms with Gasteiger partial charge in [-0.3, -0.25) is 19.7 Å². The van der Waals surface area contributed by atoms with Crippen LogP contribution >= 0.6 is 0 Å². The normalized spacial score (nSPS) is 26.8. The molecule has 2 bridgehead atoms. The fraction of sp³-hybridized carbons (Fsp3) is 0.560. The van der Waals surface area contributed by atoms with Crippen molar-refractivity contribution < 1.29 is 4.79 Å². The number of hydrogen-bond acceptors (Lipinski definition) is 4. The summed E-state index contributed by atoms with van der Waals surface area (Å²) in [6.07, 6.45) is 11.0. The van der Waals surface area contributed by atoms with Crippen LogP contribution in [0.3, 0.4) is 0 Å². The van der Waals surface area contributed by atoms with E-state index in [1.54, 1.807) is 0 Å². The fourth-order valence-corrected chi connectivity index (χ4v) is 5.86. The summed E-state index contributed by atoms with van der Waals surface area (Å²) in [7, 11) is 0. The van der Waals surface area contributed by atoms with E-state index >= 15 is 0 Å². The molecule has 5 rings (SSSR count). The van der Waals surface area contributed by atoms with Crippen LogP contribution in [0.15, 0.2) is 36.7 Å². The first-order chi connectivity index (χ1) is 14.7. The van der Waals surface area contributed by atoms with E-state index in [2.05, 4.69) is 21.3 Å². The van der Waals surface area contributed by atoms with Gasteiger partial charge in [-0.2, -0.15) is 0 Å². The summed E-state index contributed by atoms with van der Waals surface area (Å²) in [5, 5.41) is 3.37. The third kappa shape index (κ3) is 4.13. The Bertz CT molecular complexity index is 891. The van der Waals surface area contributed by atoms with Crippen LogP contribution in [0.25, 0.3) is 0 Å². The second kappa shape index (κ2) is 8.46. The highest BCUT2D eigenvalue weighted by atomic mass is 16.1. The summed E-state index contributed by atoms with van der Waals surface area (Å²) >= 11 is 0. The van der Waals surface area contributed by atoms with E-state index < -0.39 is 0 Å². The summed E-state index contributed by atoms with van der Waals surface area (Å²) in [5.41, 5.74) is 4.07. The third-order valence-electron chi connectivity index (χ3n) is 7.47. The molecular weight excluding hydrogens is 372 g/mol. The van der Waals surface area contributed by atoms with Crippen molar-refractivity contribution in [2.24, 2.45) is 11.8 Å². The van der Waals surface area contributed by atoms with Gasteiger partial charge in [0.25, 0.3) is 5.91 Å². The van der Waals surface area contributed by atoms with Gasteiger partial charge in [0.2, 0.25) is 0 Å². The fourth-order valence-electron chi connectivity index (χ4n) is 5.86. The Morgan fingerprint density at radius 3 is 2.70 bits per heavy atom. The first-order valence-corrected chi connectivity index (χ1v) is 11.6. The molecule has 1 amide bonds. The Kier molecular flexibility index (Phi) is 5.55. The molecule has 1 saturated heterocycles. The Hall–Kier alpha value is -2.27. The lowest BCUT2D eigenvalue weighted by atomic mass is 9.89. The maximum absolute atomic E-state index is 13.2. The van der Waals surface area contributed by atoms with Gasteiger partial charge in [-0.15, -0.1) is 0 Å². The molecule has 5 nitrogen and oxygen atoms in total. The number of hydrogen-bond donors (Lipinski definition) is 1. The molecule has 5 heteroatoms. The molecule has 3 heterocycles. The van der Waals surface area contributed by atoms with E-state index in [0.717, 1.165) is 61.8 Å². The van der Waals surface area contributed by atoms with Crippen molar-refractivity contribution in [3.05, 3.63) is 59.2 Å². The summed E-state index contributed by atoms with van der Waals surface area (Å²) in [6.45, 7) is 5.03. The van der Waals surface area contributed by atoms with Gasteiger partial charge in [0, 0.05) is 36.6 Å². The molecule has 0 aromatic carbocycles. The molecule has 0 radical (unpaired) electrons. The van der Waals surface area contributed by atoms with E-state index in [-0.39, 0.29) is 5.91 Å². The number of piperidine rings is 1. The number of carbonyl (C=O) groups excluding carboxylic acids is 1. The number of likely N-dealkylation sites (tertiary alicyclic amines) is 1. The lowest BCUT2D eigenvalue weighted by Crippen LogP contribution is -2.39. The van der Waals surface area contributed by atoms with E-state index in [1.807, 2.05) is 37.5 Å². The van der Waals surface area contributed by atoms with Crippen molar-refractivity contribution in [2.45, 2.75) is 64.0 Å². The van der Waals surface area contributed by atoms with Crippen LogP contribution in [0, 0.1) is 18.8 Å². The number of rotatable bonds is 5. The molecule has 2 aromatic heterocycles. The minimum Gasteiger partial charge on any atom is -0.349 e. The molecule has 158 valence electrons. The zero-order chi connectivity index (χ0) is 20.5. The largest absolute Gasteiger partial charge is 0.349 e. The van der Waals surface area contributed by atoms with Crippen LogP contribution in [-0.2, 0) is 6.54 Å². The maximum Gasteiger partial charge on any atom is 0.253 e. The summed E-state index contributed by atoms with van der Waals surface area (Å²) < 4.78 is 0. The van der Waals surface area contributed by atoms with Gasteiger partial charge in [0.05, 0.1) is 11.3 Å². The van der Waals surface area contributed by atoms with Gasteiger partial charge < -0.3 is 5.32 Å². The molecule has 2 saturated carbocycles. The highest BCUT2D eigenvalue weighted by molar-refractivity contribution is 5.95. The zero-order valence-electron chi connectivity index (χ0n) is 17.9. The van der Waals surface area contributed by atoms with Crippen LogP contribution in [0.2, 0.25) is 0 Å². The first kappa shape index (κ1) is 19.7. The van der Waals surface area contributed by atoms with Crippen LogP contribution in [0.1, 0.15) is 71.8 Å². The minimum absolute atomic E-state index is 0.0906. The second-order valence-electron chi connectivity index (χ2n) is 9.55. The number of carbonyl (C=O) groups is 1. The van der Waals surface area contributed by atoms with Gasteiger partial charge in [0.1, 0.15) is 0 Å².